The number of hydrogen-bond acceptors (Lipinski definition) is 3. The zero-order chi connectivity index (χ0) is 61.0. The van der Waals surface area contributed by atoms with Crippen molar-refractivity contribution in [3.63, 3.8) is 0 Å². The molecule has 10 aromatic rings. The van der Waals surface area contributed by atoms with Crippen LogP contribution < -0.4 is 14.7 Å². The van der Waals surface area contributed by atoms with Gasteiger partial charge in [-0.2, -0.15) is 0 Å². The highest BCUT2D eigenvalue weighted by atomic mass is 15.2. The lowest BCUT2D eigenvalue weighted by Crippen LogP contribution is -2.10. The first kappa shape index (κ1) is 62.6. The van der Waals surface area contributed by atoms with Crippen LogP contribution in [0.5, 0.6) is 0 Å². The molecule has 10 rings (SSSR count). The highest BCUT2D eigenvalue weighted by molar-refractivity contribution is 5.86. The smallest absolute Gasteiger partial charge is 0.0462 e. The lowest BCUT2D eigenvalue weighted by atomic mass is 9.93. The summed E-state index contributed by atoms with van der Waals surface area (Å²) in [5.41, 5.74) is 25.8. The number of aryl methyl sites for hydroxylation is 5. The van der Waals surface area contributed by atoms with Crippen LogP contribution in [0.2, 0.25) is 0 Å². The van der Waals surface area contributed by atoms with E-state index in [-0.39, 0.29) is 0 Å². The van der Waals surface area contributed by atoms with Crippen LogP contribution >= 0.6 is 0 Å². The fourth-order valence-electron chi connectivity index (χ4n) is 12.4. The van der Waals surface area contributed by atoms with Crippen molar-refractivity contribution in [1.29, 1.82) is 0 Å². The quantitative estimate of drug-likeness (QED) is 0.0444. The molecule has 0 aliphatic carbocycles. The Kier molecular flexibility index (Phi) is 22.4. The van der Waals surface area contributed by atoms with E-state index < -0.39 is 0 Å². The van der Waals surface area contributed by atoms with E-state index in [1.54, 1.807) is 0 Å². The van der Waals surface area contributed by atoms with Crippen molar-refractivity contribution < 1.29 is 0 Å². The summed E-state index contributed by atoms with van der Waals surface area (Å²) in [6, 6.07) is 90.5. The fourth-order valence-corrected chi connectivity index (χ4v) is 12.4. The molecule has 450 valence electrons. The third-order valence-corrected chi connectivity index (χ3v) is 17.8. The number of anilines is 9. The Morgan fingerprint density at radius 1 is 0.227 bits per heavy atom. The summed E-state index contributed by atoms with van der Waals surface area (Å²) in [5, 5.41) is 0. The lowest BCUT2D eigenvalue weighted by molar-refractivity contribution is 0.665. The Morgan fingerprint density at radius 2 is 0.420 bits per heavy atom. The van der Waals surface area contributed by atoms with Crippen LogP contribution in [0.15, 0.2) is 237 Å². The second-order valence-corrected chi connectivity index (χ2v) is 24.6. The molecule has 10 aromatic carbocycles. The molecule has 3 heteroatoms. The zero-order valence-electron chi connectivity index (χ0n) is 54.0. The van der Waals surface area contributed by atoms with Gasteiger partial charge >= 0.3 is 0 Å². The van der Waals surface area contributed by atoms with Crippen LogP contribution in [0, 0.1) is 0 Å². The minimum Gasteiger partial charge on any atom is -0.311 e. The molecule has 3 nitrogen and oxygen atoms in total. The lowest BCUT2D eigenvalue weighted by Gasteiger charge is -2.27. The van der Waals surface area contributed by atoms with Gasteiger partial charge in [-0.15, -0.1) is 0 Å². The van der Waals surface area contributed by atoms with Gasteiger partial charge in [0.15, 0.2) is 0 Å². The van der Waals surface area contributed by atoms with E-state index in [0.717, 1.165) is 83.3 Å². The first-order valence-corrected chi connectivity index (χ1v) is 33.7. The van der Waals surface area contributed by atoms with E-state index >= 15 is 0 Å². The molecule has 0 bridgehead atoms. The number of rotatable bonds is 30. The molecule has 0 N–H and O–H groups in total. The van der Waals surface area contributed by atoms with Gasteiger partial charge in [-0.3, -0.25) is 0 Å². The minimum absolute atomic E-state index is 0.526. The van der Waals surface area contributed by atoms with Gasteiger partial charge in [-0.1, -0.05) is 196 Å². The molecule has 0 amide bonds. The number of hydrogen-bond donors (Lipinski definition) is 0. The second kappa shape index (κ2) is 31.5. The van der Waals surface area contributed by atoms with E-state index in [1.807, 2.05) is 0 Å². The molecular weight excluding hydrogens is 1060 g/mol. The van der Waals surface area contributed by atoms with Crippen LogP contribution in [-0.4, -0.2) is 0 Å². The Morgan fingerprint density at radius 3 is 0.614 bits per heavy atom. The molecular formula is C85H95N3. The number of unbranched alkanes of at least 4 members (excludes halogenated alkanes) is 5. The van der Waals surface area contributed by atoms with Gasteiger partial charge in [-0.05, 0) is 271 Å². The van der Waals surface area contributed by atoms with E-state index in [9.17, 15) is 0 Å². The first-order valence-electron chi connectivity index (χ1n) is 33.7. The van der Waals surface area contributed by atoms with Crippen molar-refractivity contribution in [2.24, 2.45) is 0 Å². The largest absolute Gasteiger partial charge is 0.311 e. The molecule has 0 aliphatic rings. The fraction of sp³-hybridized carbons (Fsp3) is 0.294. The predicted molar refractivity (Wildman–Crippen MR) is 383 cm³/mol. The first-order chi connectivity index (χ1) is 43.2. The van der Waals surface area contributed by atoms with Gasteiger partial charge in [0.25, 0.3) is 0 Å². The number of benzene rings is 10. The molecule has 0 aromatic heterocycles. The Labute approximate surface area is 529 Å². The van der Waals surface area contributed by atoms with Crippen molar-refractivity contribution >= 4 is 51.2 Å². The summed E-state index contributed by atoms with van der Waals surface area (Å²) in [5.74, 6) is 0.526. The highest BCUT2D eigenvalue weighted by Crippen LogP contribution is 2.42. The van der Waals surface area contributed by atoms with Gasteiger partial charge in [-0.25, -0.2) is 0 Å². The molecule has 0 heterocycles. The molecule has 1 atom stereocenters. The average molecular weight is 1160 g/mol. The molecule has 0 saturated carbocycles. The zero-order valence-corrected chi connectivity index (χ0v) is 54.0. The molecule has 0 fully saturated rings. The summed E-state index contributed by atoms with van der Waals surface area (Å²) in [4.78, 5) is 7.25. The minimum atomic E-state index is 0.526. The van der Waals surface area contributed by atoms with E-state index in [0.29, 0.717) is 5.92 Å². The second-order valence-electron chi connectivity index (χ2n) is 24.6. The molecule has 0 radical (unpaired) electrons. The summed E-state index contributed by atoms with van der Waals surface area (Å²) < 4.78 is 0. The van der Waals surface area contributed by atoms with Crippen LogP contribution in [0.4, 0.5) is 51.2 Å². The molecule has 88 heavy (non-hydrogen) atoms. The summed E-state index contributed by atoms with van der Waals surface area (Å²) >= 11 is 0. The van der Waals surface area contributed by atoms with Crippen LogP contribution in [0.3, 0.4) is 0 Å². The monoisotopic (exact) mass is 1160 g/mol. The SMILES string of the molecule is CCCCc1ccc(N(c2ccc(CCCC)cc2)c2ccc(-c3cc(-c4ccc(N(c5ccc(CCCC)cc5)c5ccc(CCCC)cc5)cc4)cc(-c4ccc(N(c5ccc(CCCC)cc5)c5ccc(C(C)CCC)cc5)cc4)c3)cc2)cc1. The molecule has 0 spiro atoms. The highest BCUT2D eigenvalue weighted by Gasteiger charge is 2.19. The molecule has 1 unspecified atom stereocenters. The molecule has 0 saturated heterocycles. The standard InChI is InChI=1S/C85H95N3/c1-8-14-20-65-25-43-77(44-26-65)86(78-45-27-66(28-46-78)21-15-9-2)83-55-37-71(38-56-83)74-61-75(72-39-57-84(58-40-72)87(79-47-29-67(30-48-79)22-16-10-3)80-49-31-68(32-50-80)23-17-11-4)63-76(62-74)73-41-59-85(60-42-73)88(81-51-33-69(34-52-81)24-18-12-5)82-53-35-70(36-54-82)64(7)19-13-6/h25-64H,8-24H2,1-7H3. The Bertz CT molecular complexity index is 3400. The maximum Gasteiger partial charge on any atom is 0.0462 e. The van der Waals surface area contributed by atoms with Crippen LogP contribution in [-0.2, 0) is 32.1 Å². The van der Waals surface area contributed by atoms with Crippen LogP contribution in [0.25, 0.3) is 33.4 Å². The average Bonchev–Trinajstić information content (AvgIpc) is 2.25. The van der Waals surface area contributed by atoms with Gasteiger partial charge in [0.05, 0.1) is 0 Å². The maximum absolute atomic E-state index is 2.42. The number of nitrogens with zero attached hydrogens (tertiary/aromatic N) is 3. The normalized spacial score (nSPS) is 11.6. The Hall–Kier alpha value is -8.40. The van der Waals surface area contributed by atoms with E-state index in [4.69, 9.17) is 0 Å². The summed E-state index contributed by atoms with van der Waals surface area (Å²) in [6.45, 7) is 16.0. The third kappa shape index (κ3) is 16.0. The van der Waals surface area contributed by atoms with Crippen molar-refractivity contribution in [2.75, 3.05) is 14.7 Å². The van der Waals surface area contributed by atoms with E-state index in [1.165, 1.54) is 144 Å². The summed E-state index contributed by atoms with van der Waals surface area (Å²) in [6.07, 6.45) is 19.8. The van der Waals surface area contributed by atoms with Gasteiger partial charge in [0.2, 0.25) is 0 Å². The van der Waals surface area contributed by atoms with Crippen molar-refractivity contribution in [3.05, 3.63) is 270 Å². The third-order valence-electron chi connectivity index (χ3n) is 17.8. The topological polar surface area (TPSA) is 9.72 Å². The van der Waals surface area contributed by atoms with Crippen molar-refractivity contribution in [1.82, 2.24) is 0 Å². The van der Waals surface area contributed by atoms with Crippen molar-refractivity contribution in [3.8, 4) is 33.4 Å². The summed E-state index contributed by atoms with van der Waals surface area (Å²) in [7, 11) is 0. The maximum atomic E-state index is 2.42. The van der Waals surface area contributed by atoms with Gasteiger partial charge in [0, 0.05) is 51.2 Å². The van der Waals surface area contributed by atoms with Gasteiger partial charge < -0.3 is 14.7 Å². The Balaban J connectivity index is 1.05. The van der Waals surface area contributed by atoms with Gasteiger partial charge in [0.1, 0.15) is 0 Å². The predicted octanol–water partition coefficient (Wildman–Crippen LogP) is 25.7. The van der Waals surface area contributed by atoms with Crippen molar-refractivity contribution in [2.45, 2.75) is 164 Å². The van der Waals surface area contributed by atoms with E-state index in [2.05, 4.69) is 300 Å². The van der Waals surface area contributed by atoms with Crippen LogP contribution in [0.1, 0.15) is 165 Å². The molecule has 0 aliphatic heterocycles.